The first kappa shape index (κ1) is 33.8. The molecule has 0 amide bonds. The lowest BCUT2D eigenvalue weighted by atomic mass is 9.33. The van der Waals surface area contributed by atoms with Crippen molar-refractivity contribution in [2.75, 3.05) is 14.7 Å². The molecule has 9 aromatic carbocycles. The number of nitrogens with zero attached hydrogens (tertiary/aromatic N) is 3. The van der Waals surface area contributed by atoms with Crippen LogP contribution in [0.3, 0.4) is 0 Å². The van der Waals surface area contributed by atoms with E-state index in [0.717, 1.165) is 39.8 Å². The number of fused-ring (bicyclic) bond motifs is 4. The quantitative estimate of drug-likeness (QED) is 0.151. The maximum Gasteiger partial charge on any atom is 0.252 e. The molecule has 0 aliphatic carbocycles. The third kappa shape index (κ3) is 5.69. The van der Waals surface area contributed by atoms with Gasteiger partial charge in [-0.2, -0.15) is 0 Å². The van der Waals surface area contributed by atoms with Gasteiger partial charge >= 0.3 is 0 Å². The summed E-state index contributed by atoms with van der Waals surface area (Å²) >= 11 is 0. The first-order valence-electron chi connectivity index (χ1n) is 20.0. The van der Waals surface area contributed by atoms with Crippen molar-refractivity contribution in [2.24, 2.45) is 0 Å². The topological polar surface area (TPSA) is 9.72 Å². The summed E-state index contributed by atoms with van der Waals surface area (Å²) < 4.78 is 0. The molecule has 0 bridgehead atoms. The van der Waals surface area contributed by atoms with E-state index in [9.17, 15) is 0 Å². The van der Waals surface area contributed by atoms with Gasteiger partial charge in [-0.3, -0.25) is 0 Å². The van der Waals surface area contributed by atoms with E-state index in [1.54, 1.807) is 0 Å². The minimum atomic E-state index is -0.0134. The van der Waals surface area contributed by atoms with Gasteiger partial charge in [-0.1, -0.05) is 158 Å². The molecule has 0 aromatic heterocycles. The standard InChI is InChI=1S/C54H38BN3/c1-7-19-39(20-8-1)41-31-33-48-50(35-41)57(45-27-15-5-16-28-45)52-37-47(56(43-23-11-3-12-24-43)44-25-13-4-14-26-44)38-53-54(52)55(48)49-34-32-42(40-21-9-2-10-22-40)36-51(49)58(53)46-29-17-6-18-30-46/h1-38H. The molecular weight excluding hydrogens is 701 g/mol. The lowest BCUT2D eigenvalue weighted by Gasteiger charge is -2.45. The van der Waals surface area contributed by atoms with Crippen LogP contribution in [0, 0.1) is 0 Å². The molecule has 0 saturated carbocycles. The summed E-state index contributed by atoms with van der Waals surface area (Å²) in [5.41, 5.74) is 18.9. The van der Waals surface area contributed by atoms with E-state index in [1.807, 2.05) is 0 Å². The summed E-state index contributed by atoms with van der Waals surface area (Å²) in [4.78, 5) is 7.40. The molecule has 0 atom stereocenters. The highest BCUT2D eigenvalue weighted by Crippen LogP contribution is 2.48. The molecule has 2 aliphatic heterocycles. The molecule has 272 valence electrons. The summed E-state index contributed by atoms with van der Waals surface area (Å²) in [5, 5.41) is 0. The van der Waals surface area contributed by atoms with Crippen molar-refractivity contribution >= 4 is 74.3 Å². The van der Waals surface area contributed by atoms with Gasteiger partial charge in [0.15, 0.2) is 0 Å². The number of para-hydroxylation sites is 4. The maximum atomic E-state index is 2.50. The Kier molecular flexibility index (Phi) is 8.26. The SMILES string of the molecule is c1ccc(-c2ccc3c(c2)N(c2ccccc2)c2cc(N(c4ccccc4)c4ccccc4)cc4c2B3c2ccc(-c3ccccc3)cc2N4c2ccccc2)cc1. The molecular formula is C54H38BN3. The van der Waals surface area contributed by atoms with Gasteiger partial charge in [-0.25, -0.2) is 0 Å². The van der Waals surface area contributed by atoms with E-state index in [0.29, 0.717) is 0 Å². The second-order valence-corrected chi connectivity index (χ2v) is 15.0. The highest BCUT2D eigenvalue weighted by atomic mass is 15.2. The Balaban J connectivity index is 1.26. The number of anilines is 9. The van der Waals surface area contributed by atoms with Gasteiger partial charge in [0.1, 0.15) is 0 Å². The van der Waals surface area contributed by atoms with Gasteiger partial charge < -0.3 is 14.7 Å². The van der Waals surface area contributed by atoms with Crippen LogP contribution in [0.4, 0.5) is 51.2 Å². The van der Waals surface area contributed by atoms with Crippen LogP contribution in [-0.2, 0) is 0 Å². The normalized spacial score (nSPS) is 12.4. The third-order valence-corrected chi connectivity index (χ3v) is 11.6. The van der Waals surface area contributed by atoms with Crippen LogP contribution in [0.5, 0.6) is 0 Å². The highest BCUT2D eigenvalue weighted by Gasteiger charge is 2.44. The van der Waals surface area contributed by atoms with Crippen LogP contribution in [0.2, 0.25) is 0 Å². The Bertz CT molecular complexity index is 2690. The van der Waals surface area contributed by atoms with E-state index in [1.165, 1.54) is 50.0 Å². The van der Waals surface area contributed by atoms with Crippen molar-refractivity contribution in [3.8, 4) is 22.3 Å². The Morgan fingerprint density at radius 3 is 1.05 bits per heavy atom. The summed E-state index contributed by atoms with van der Waals surface area (Å²) in [6.07, 6.45) is 0. The predicted molar refractivity (Wildman–Crippen MR) is 246 cm³/mol. The van der Waals surface area contributed by atoms with E-state index in [4.69, 9.17) is 0 Å². The predicted octanol–water partition coefficient (Wildman–Crippen LogP) is 12.6. The lowest BCUT2D eigenvalue weighted by molar-refractivity contribution is 1.23. The summed E-state index contributed by atoms with van der Waals surface area (Å²) in [6, 6.07) is 83.8. The van der Waals surface area contributed by atoms with E-state index in [-0.39, 0.29) is 6.71 Å². The molecule has 0 radical (unpaired) electrons. The Labute approximate surface area is 340 Å². The molecule has 3 nitrogen and oxygen atoms in total. The van der Waals surface area contributed by atoms with Crippen molar-refractivity contribution in [3.63, 3.8) is 0 Å². The lowest BCUT2D eigenvalue weighted by Crippen LogP contribution is -2.61. The van der Waals surface area contributed by atoms with Crippen molar-refractivity contribution in [2.45, 2.75) is 0 Å². The Morgan fingerprint density at radius 1 is 0.293 bits per heavy atom. The molecule has 2 heterocycles. The molecule has 0 spiro atoms. The van der Waals surface area contributed by atoms with Crippen LogP contribution < -0.4 is 31.1 Å². The molecule has 4 heteroatoms. The van der Waals surface area contributed by atoms with Crippen LogP contribution in [0.15, 0.2) is 231 Å². The van der Waals surface area contributed by atoms with E-state index >= 15 is 0 Å². The molecule has 2 aliphatic rings. The van der Waals surface area contributed by atoms with Gasteiger partial charge in [-0.05, 0) is 111 Å². The van der Waals surface area contributed by atoms with Crippen LogP contribution in [0.25, 0.3) is 22.3 Å². The van der Waals surface area contributed by atoms with E-state index < -0.39 is 0 Å². The van der Waals surface area contributed by atoms with Gasteiger partial charge in [-0.15, -0.1) is 0 Å². The minimum absolute atomic E-state index is 0.0134. The fourth-order valence-corrected chi connectivity index (χ4v) is 9.04. The third-order valence-electron chi connectivity index (χ3n) is 11.6. The van der Waals surface area contributed by atoms with Crippen molar-refractivity contribution < 1.29 is 0 Å². The molecule has 58 heavy (non-hydrogen) atoms. The zero-order valence-corrected chi connectivity index (χ0v) is 31.9. The highest BCUT2D eigenvalue weighted by molar-refractivity contribution is 7.00. The zero-order valence-electron chi connectivity index (χ0n) is 31.9. The number of benzene rings is 9. The molecule has 0 unspecified atom stereocenters. The number of rotatable bonds is 7. The van der Waals surface area contributed by atoms with Gasteiger partial charge in [0.05, 0.1) is 5.69 Å². The molecule has 11 rings (SSSR count). The molecule has 0 N–H and O–H groups in total. The average Bonchev–Trinajstić information content (AvgIpc) is 3.30. The first-order valence-corrected chi connectivity index (χ1v) is 20.0. The smallest absolute Gasteiger partial charge is 0.252 e. The average molecular weight is 740 g/mol. The Hall–Kier alpha value is -7.56. The molecule has 9 aromatic rings. The van der Waals surface area contributed by atoms with Crippen LogP contribution in [0.1, 0.15) is 0 Å². The second kappa shape index (κ2) is 14.2. The van der Waals surface area contributed by atoms with E-state index in [2.05, 4.69) is 245 Å². The maximum absolute atomic E-state index is 2.50. The molecule has 0 saturated heterocycles. The monoisotopic (exact) mass is 739 g/mol. The zero-order chi connectivity index (χ0) is 38.4. The summed E-state index contributed by atoms with van der Waals surface area (Å²) in [7, 11) is 0. The largest absolute Gasteiger partial charge is 0.311 e. The van der Waals surface area contributed by atoms with Gasteiger partial charge in [0, 0.05) is 45.5 Å². The summed E-state index contributed by atoms with van der Waals surface area (Å²) in [5.74, 6) is 0. The first-order chi connectivity index (χ1) is 28.8. The minimum Gasteiger partial charge on any atom is -0.311 e. The summed E-state index contributed by atoms with van der Waals surface area (Å²) in [6.45, 7) is -0.0134. The van der Waals surface area contributed by atoms with Crippen molar-refractivity contribution in [1.29, 1.82) is 0 Å². The molecule has 0 fully saturated rings. The number of hydrogen-bond donors (Lipinski definition) is 0. The van der Waals surface area contributed by atoms with Crippen molar-refractivity contribution in [1.82, 2.24) is 0 Å². The van der Waals surface area contributed by atoms with Crippen LogP contribution >= 0.6 is 0 Å². The van der Waals surface area contributed by atoms with Gasteiger partial charge in [0.2, 0.25) is 0 Å². The fraction of sp³-hybridized carbons (Fsp3) is 0. The van der Waals surface area contributed by atoms with Crippen LogP contribution in [-0.4, -0.2) is 6.71 Å². The second-order valence-electron chi connectivity index (χ2n) is 15.0. The number of hydrogen-bond acceptors (Lipinski definition) is 3. The fourth-order valence-electron chi connectivity index (χ4n) is 9.04. The van der Waals surface area contributed by atoms with Gasteiger partial charge in [0.25, 0.3) is 6.71 Å². The van der Waals surface area contributed by atoms with Crippen molar-refractivity contribution in [3.05, 3.63) is 231 Å². The Morgan fingerprint density at radius 2 is 0.655 bits per heavy atom.